The summed E-state index contributed by atoms with van der Waals surface area (Å²) in [4.78, 5) is 16.4. The number of alkyl halides is 3. The minimum atomic E-state index is -4.80. The van der Waals surface area contributed by atoms with Crippen LogP contribution in [0.15, 0.2) is 48.7 Å². The zero-order valence-electron chi connectivity index (χ0n) is 13.4. The summed E-state index contributed by atoms with van der Waals surface area (Å²) in [6.45, 7) is 1.70. The lowest BCUT2D eigenvalue weighted by atomic mass is 10.2. The van der Waals surface area contributed by atoms with Gasteiger partial charge in [-0.3, -0.25) is 4.79 Å². The molecule has 3 aromatic rings. The van der Waals surface area contributed by atoms with Crippen molar-refractivity contribution in [3.8, 4) is 5.69 Å². The Hall–Kier alpha value is -2.87. The summed E-state index contributed by atoms with van der Waals surface area (Å²) in [5.41, 5.74) is -1.09. The highest BCUT2D eigenvalue weighted by Gasteiger charge is 2.40. The first kappa shape index (κ1) is 17.9. The van der Waals surface area contributed by atoms with Gasteiger partial charge in [-0.2, -0.15) is 18.3 Å². The van der Waals surface area contributed by atoms with Crippen molar-refractivity contribution in [3.05, 3.63) is 70.6 Å². The van der Waals surface area contributed by atoms with Gasteiger partial charge in [0.05, 0.1) is 17.4 Å². The number of hydrogen-bond donors (Lipinski definition) is 1. The Balaban J connectivity index is 2.04. The van der Waals surface area contributed by atoms with Crippen LogP contribution in [0.1, 0.15) is 21.7 Å². The molecule has 0 aliphatic heterocycles. The first-order valence-electron chi connectivity index (χ1n) is 7.42. The van der Waals surface area contributed by atoms with Gasteiger partial charge in [0.1, 0.15) is 5.82 Å². The second kappa shape index (κ2) is 6.80. The molecule has 0 atom stereocenters. The number of aromatic nitrogens is 3. The predicted octanol–water partition coefficient (Wildman–Crippen LogP) is 4.50. The van der Waals surface area contributed by atoms with Crippen molar-refractivity contribution >= 4 is 23.3 Å². The Bertz CT molecular complexity index is 969. The molecule has 2 aromatic heterocycles. The number of amides is 1. The van der Waals surface area contributed by atoms with E-state index < -0.39 is 23.3 Å². The van der Waals surface area contributed by atoms with E-state index in [1.165, 1.54) is 30.3 Å². The van der Waals surface area contributed by atoms with Crippen molar-refractivity contribution < 1.29 is 18.0 Å². The molecule has 134 valence electrons. The van der Waals surface area contributed by atoms with Crippen LogP contribution in [-0.4, -0.2) is 20.7 Å². The Morgan fingerprint density at radius 2 is 1.92 bits per heavy atom. The van der Waals surface area contributed by atoms with Crippen LogP contribution in [0.4, 0.5) is 19.0 Å². The van der Waals surface area contributed by atoms with Crippen molar-refractivity contribution in [3.63, 3.8) is 0 Å². The lowest BCUT2D eigenvalue weighted by Crippen LogP contribution is -2.21. The lowest BCUT2D eigenvalue weighted by Gasteiger charge is -2.13. The van der Waals surface area contributed by atoms with Gasteiger partial charge >= 0.3 is 6.18 Å². The average Bonchev–Trinajstić information content (AvgIpc) is 3.00. The quantitative estimate of drug-likeness (QED) is 0.727. The SMILES string of the molecule is Cc1cccc(NC(=O)c2cnn(-c3cccc(Cl)c3)c2C(F)(F)F)n1. The van der Waals surface area contributed by atoms with Crippen molar-refractivity contribution in [1.82, 2.24) is 14.8 Å². The number of rotatable bonds is 3. The van der Waals surface area contributed by atoms with Crippen molar-refractivity contribution in [1.29, 1.82) is 0 Å². The van der Waals surface area contributed by atoms with Crippen LogP contribution >= 0.6 is 11.6 Å². The fraction of sp³-hybridized carbons (Fsp3) is 0.118. The molecule has 1 N–H and O–H groups in total. The minimum Gasteiger partial charge on any atom is -0.306 e. The third-order valence-electron chi connectivity index (χ3n) is 3.47. The summed E-state index contributed by atoms with van der Waals surface area (Å²) >= 11 is 5.84. The third-order valence-corrected chi connectivity index (χ3v) is 3.70. The van der Waals surface area contributed by atoms with Crippen molar-refractivity contribution in [2.45, 2.75) is 13.1 Å². The smallest absolute Gasteiger partial charge is 0.306 e. The van der Waals surface area contributed by atoms with Gasteiger partial charge in [-0.15, -0.1) is 0 Å². The molecule has 0 radical (unpaired) electrons. The lowest BCUT2D eigenvalue weighted by molar-refractivity contribution is -0.143. The number of halogens is 4. The van der Waals surface area contributed by atoms with Crippen LogP contribution in [0.2, 0.25) is 5.02 Å². The largest absolute Gasteiger partial charge is 0.434 e. The highest BCUT2D eigenvalue weighted by Crippen LogP contribution is 2.34. The number of nitrogens with one attached hydrogen (secondary N) is 1. The van der Waals surface area contributed by atoms with E-state index in [0.717, 1.165) is 6.20 Å². The van der Waals surface area contributed by atoms with Gasteiger partial charge in [0, 0.05) is 10.7 Å². The zero-order valence-corrected chi connectivity index (χ0v) is 14.1. The van der Waals surface area contributed by atoms with Crippen LogP contribution < -0.4 is 5.32 Å². The molecular weight excluding hydrogens is 369 g/mol. The Kier molecular flexibility index (Phi) is 4.69. The number of benzene rings is 1. The summed E-state index contributed by atoms with van der Waals surface area (Å²) in [5, 5.41) is 6.34. The molecule has 0 fully saturated rings. The predicted molar refractivity (Wildman–Crippen MR) is 90.5 cm³/mol. The molecule has 3 rings (SSSR count). The van der Waals surface area contributed by atoms with Crippen LogP contribution in [-0.2, 0) is 6.18 Å². The maximum atomic E-state index is 13.6. The fourth-order valence-corrected chi connectivity index (χ4v) is 2.57. The van der Waals surface area contributed by atoms with E-state index in [2.05, 4.69) is 15.4 Å². The molecule has 0 saturated carbocycles. The molecular formula is C17H12ClF3N4O. The van der Waals surface area contributed by atoms with Gasteiger partial charge in [-0.25, -0.2) is 9.67 Å². The highest BCUT2D eigenvalue weighted by atomic mass is 35.5. The maximum absolute atomic E-state index is 13.6. The standard InChI is InChI=1S/C17H12ClF3N4O/c1-10-4-2-7-14(23-10)24-16(26)13-9-22-25(15(13)17(19,20)21)12-6-3-5-11(18)8-12/h2-9H,1H3,(H,23,24,26). The van der Waals surface area contributed by atoms with E-state index in [0.29, 0.717) is 10.4 Å². The summed E-state index contributed by atoms with van der Waals surface area (Å²) in [5.74, 6) is -0.803. The van der Waals surface area contributed by atoms with Crippen LogP contribution in [0.3, 0.4) is 0 Å². The monoisotopic (exact) mass is 380 g/mol. The molecule has 1 aromatic carbocycles. The summed E-state index contributed by atoms with van der Waals surface area (Å²) in [6.07, 6.45) is -3.93. The summed E-state index contributed by atoms with van der Waals surface area (Å²) in [6, 6.07) is 10.6. The Labute approximate surface area is 151 Å². The Morgan fingerprint density at radius 1 is 1.19 bits per heavy atom. The van der Waals surface area contributed by atoms with Gasteiger partial charge in [-0.1, -0.05) is 23.7 Å². The average molecular weight is 381 g/mol. The van der Waals surface area contributed by atoms with E-state index >= 15 is 0 Å². The normalized spacial score (nSPS) is 11.4. The molecule has 0 bridgehead atoms. The molecule has 0 aliphatic rings. The van der Waals surface area contributed by atoms with E-state index in [9.17, 15) is 18.0 Å². The van der Waals surface area contributed by atoms with Gasteiger partial charge < -0.3 is 5.32 Å². The van der Waals surface area contributed by atoms with Gasteiger partial charge in [-0.05, 0) is 37.3 Å². The summed E-state index contributed by atoms with van der Waals surface area (Å²) in [7, 11) is 0. The molecule has 2 heterocycles. The molecule has 5 nitrogen and oxygen atoms in total. The first-order valence-corrected chi connectivity index (χ1v) is 7.79. The van der Waals surface area contributed by atoms with Gasteiger partial charge in [0.15, 0.2) is 5.69 Å². The number of carbonyl (C=O) groups is 1. The van der Waals surface area contributed by atoms with Gasteiger partial charge in [0.25, 0.3) is 5.91 Å². The second-order valence-corrected chi connectivity index (χ2v) is 5.85. The van der Waals surface area contributed by atoms with E-state index in [1.807, 2.05) is 0 Å². The fourth-order valence-electron chi connectivity index (χ4n) is 2.39. The molecule has 0 spiro atoms. The van der Waals surface area contributed by atoms with Gasteiger partial charge in [0.2, 0.25) is 0 Å². The van der Waals surface area contributed by atoms with Crippen LogP contribution in [0.5, 0.6) is 0 Å². The highest BCUT2D eigenvalue weighted by molar-refractivity contribution is 6.30. The topological polar surface area (TPSA) is 59.8 Å². The first-order chi connectivity index (χ1) is 12.3. The molecule has 0 unspecified atom stereocenters. The minimum absolute atomic E-state index is 0.0950. The molecule has 26 heavy (non-hydrogen) atoms. The van der Waals surface area contributed by atoms with E-state index in [1.54, 1.807) is 19.1 Å². The number of nitrogens with zero attached hydrogens (tertiary/aromatic N) is 3. The van der Waals surface area contributed by atoms with E-state index in [-0.39, 0.29) is 16.5 Å². The third kappa shape index (κ3) is 3.70. The molecule has 9 heteroatoms. The van der Waals surface area contributed by atoms with Crippen LogP contribution in [0, 0.1) is 6.92 Å². The number of pyridine rings is 1. The maximum Gasteiger partial charge on any atom is 0.434 e. The number of aryl methyl sites for hydroxylation is 1. The molecule has 0 saturated heterocycles. The van der Waals surface area contributed by atoms with Crippen molar-refractivity contribution in [2.24, 2.45) is 0 Å². The second-order valence-electron chi connectivity index (χ2n) is 5.41. The number of anilines is 1. The Morgan fingerprint density at radius 3 is 2.58 bits per heavy atom. The summed E-state index contributed by atoms with van der Waals surface area (Å²) < 4.78 is 41.4. The molecule has 0 aliphatic carbocycles. The zero-order chi connectivity index (χ0) is 18.9. The van der Waals surface area contributed by atoms with E-state index in [4.69, 9.17) is 11.6 Å². The number of hydrogen-bond acceptors (Lipinski definition) is 3. The molecule has 1 amide bonds. The number of carbonyl (C=O) groups excluding carboxylic acids is 1. The van der Waals surface area contributed by atoms with Crippen LogP contribution in [0.25, 0.3) is 5.69 Å². The van der Waals surface area contributed by atoms with Crippen molar-refractivity contribution in [2.75, 3.05) is 5.32 Å².